The molecule has 0 aromatic heterocycles. The Hall–Kier alpha value is -0.470. The SMILES string of the molecule is CC1SC(C(C)C)C(O)c2ccccc21. The second-order valence-corrected chi connectivity index (χ2v) is 6.08. The van der Waals surface area contributed by atoms with E-state index in [2.05, 4.69) is 39.0 Å². The number of aliphatic hydroxyl groups excluding tert-OH is 1. The van der Waals surface area contributed by atoms with Gasteiger partial charge in [0, 0.05) is 10.5 Å². The standard InChI is InChI=1S/C13H18OS/c1-8(2)13-12(14)11-7-5-4-6-10(11)9(3)15-13/h4-9,12-14H,1-3H3. The van der Waals surface area contributed by atoms with Crippen LogP contribution in [0.15, 0.2) is 24.3 Å². The largest absolute Gasteiger partial charge is 0.387 e. The first-order valence-corrected chi connectivity index (χ1v) is 6.48. The molecular weight excluding hydrogens is 204 g/mol. The maximum atomic E-state index is 10.3. The van der Waals surface area contributed by atoms with Crippen LogP contribution in [0.3, 0.4) is 0 Å². The Morgan fingerprint density at radius 2 is 1.80 bits per heavy atom. The summed E-state index contributed by atoms with van der Waals surface area (Å²) in [4.78, 5) is 0. The summed E-state index contributed by atoms with van der Waals surface area (Å²) < 4.78 is 0. The van der Waals surface area contributed by atoms with Crippen LogP contribution in [-0.2, 0) is 0 Å². The van der Waals surface area contributed by atoms with Crippen LogP contribution in [0.5, 0.6) is 0 Å². The summed E-state index contributed by atoms with van der Waals surface area (Å²) >= 11 is 1.90. The molecule has 1 aromatic carbocycles. The van der Waals surface area contributed by atoms with Gasteiger partial charge in [-0.1, -0.05) is 38.1 Å². The Morgan fingerprint density at radius 3 is 2.40 bits per heavy atom. The highest BCUT2D eigenvalue weighted by Crippen LogP contribution is 2.47. The molecule has 0 saturated heterocycles. The van der Waals surface area contributed by atoms with Crippen LogP contribution in [0, 0.1) is 5.92 Å². The zero-order chi connectivity index (χ0) is 11.0. The van der Waals surface area contributed by atoms with Gasteiger partial charge >= 0.3 is 0 Å². The smallest absolute Gasteiger partial charge is 0.0914 e. The van der Waals surface area contributed by atoms with Crippen molar-refractivity contribution in [2.75, 3.05) is 0 Å². The lowest BCUT2D eigenvalue weighted by molar-refractivity contribution is 0.155. The summed E-state index contributed by atoms with van der Waals surface area (Å²) in [6, 6.07) is 8.26. The molecule has 0 fully saturated rings. The van der Waals surface area contributed by atoms with Crippen molar-refractivity contribution in [3.05, 3.63) is 35.4 Å². The van der Waals surface area contributed by atoms with Gasteiger partial charge < -0.3 is 5.11 Å². The Kier molecular flexibility index (Phi) is 3.08. The average molecular weight is 222 g/mol. The molecule has 82 valence electrons. The summed E-state index contributed by atoms with van der Waals surface area (Å²) in [5.74, 6) is 0.515. The average Bonchev–Trinajstić information content (AvgIpc) is 2.23. The lowest BCUT2D eigenvalue weighted by atomic mass is 9.93. The first-order chi connectivity index (χ1) is 7.11. The van der Waals surface area contributed by atoms with E-state index in [9.17, 15) is 5.11 Å². The third-order valence-electron chi connectivity index (χ3n) is 3.08. The van der Waals surface area contributed by atoms with Crippen LogP contribution >= 0.6 is 11.8 Å². The van der Waals surface area contributed by atoms with Crippen LogP contribution in [0.2, 0.25) is 0 Å². The molecule has 0 spiro atoms. The number of hydrogen-bond acceptors (Lipinski definition) is 2. The van der Waals surface area contributed by atoms with Crippen molar-refractivity contribution in [2.45, 2.75) is 37.4 Å². The first kappa shape index (κ1) is 11.0. The molecule has 1 N–H and O–H groups in total. The number of rotatable bonds is 1. The van der Waals surface area contributed by atoms with Crippen molar-refractivity contribution in [1.82, 2.24) is 0 Å². The monoisotopic (exact) mass is 222 g/mol. The maximum absolute atomic E-state index is 10.3. The Bertz CT molecular complexity index is 348. The minimum atomic E-state index is -0.303. The molecule has 1 aromatic rings. The van der Waals surface area contributed by atoms with Gasteiger partial charge in [0.15, 0.2) is 0 Å². The van der Waals surface area contributed by atoms with Gasteiger partial charge in [0.2, 0.25) is 0 Å². The highest BCUT2D eigenvalue weighted by molar-refractivity contribution is 8.00. The van der Waals surface area contributed by atoms with Gasteiger partial charge in [-0.2, -0.15) is 0 Å². The second-order valence-electron chi connectivity index (χ2n) is 4.56. The fourth-order valence-corrected chi connectivity index (χ4v) is 3.67. The van der Waals surface area contributed by atoms with E-state index >= 15 is 0 Å². The molecule has 3 unspecified atom stereocenters. The van der Waals surface area contributed by atoms with Crippen LogP contribution < -0.4 is 0 Å². The quantitative estimate of drug-likeness (QED) is 0.784. The molecule has 2 heteroatoms. The summed E-state index contributed by atoms with van der Waals surface area (Å²) in [5, 5.41) is 11.1. The summed E-state index contributed by atoms with van der Waals surface area (Å²) in [6.07, 6.45) is -0.303. The summed E-state index contributed by atoms with van der Waals surface area (Å²) in [6.45, 7) is 6.59. The van der Waals surface area contributed by atoms with E-state index in [4.69, 9.17) is 0 Å². The third kappa shape index (κ3) is 1.93. The zero-order valence-electron chi connectivity index (χ0n) is 9.47. The zero-order valence-corrected chi connectivity index (χ0v) is 10.3. The summed E-state index contributed by atoms with van der Waals surface area (Å²) in [5.41, 5.74) is 2.43. The van der Waals surface area contributed by atoms with Crippen molar-refractivity contribution >= 4 is 11.8 Å². The van der Waals surface area contributed by atoms with Gasteiger partial charge in [-0.3, -0.25) is 0 Å². The predicted octanol–water partition coefficient (Wildman–Crippen LogP) is 3.55. The molecule has 0 saturated carbocycles. The molecule has 2 rings (SSSR count). The van der Waals surface area contributed by atoms with Gasteiger partial charge in [0.25, 0.3) is 0 Å². The van der Waals surface area contributed by atoms with E-state index in [1.165, 1.54) is 5.56 Å². The van der Waals surface area contributed by atoms with E-state index in [0.717, 1.165) is 5.56 Å². The molecule has 1 nitrogen and oxygen atoms in total. The van der Waals surface area contributed by atoms with Gasteiger partial charge in [0.05, 0.1) is 6.10 Å². The number of benzene rings is 1. The van der Waals surface area contributed by atoms with E-state index in [-0.39, 0.29) is 6.10 Å². The number of hydrogen-bond donors (Lipinski definition) is 1. The lowest BCUT2D eigenvalue weighted by Gasteiger charge is -2.35. The van der Waals surface area contributed by atoms with E-state index in [1.807, 2.05) is 17.8 Å². The molecular formula is C13H18OS. The van der Waals surface area contributed by atoms with Gasteiger partial charge in [0.1, 0.15) is 0 Å². The van der Waals surface area contributed by atoms with Crippen LogP contribution in [0.4, 0.5) is 0 Å². The van der Waals surface area contributed by atoms with Crippen molar-refractivity contribution in [3.8, 4) is 0 Å². The molecule has 0 amide bonds. The fourth-order valence-electron chi connectivity index (χ4n) is 2.23. The highest BCUT2D eigenvalue weighted by Gasteiger charge is 2.33. The van der Waals surface area contributed by atoms with E-state index in [0.29, 0.717) is 16.4 Å². The normalized spacial score (nSPS) is 30.3. The minimum Gasteiger partial charge on any atom is -0.387 e. The number of fused-ring (bicyclic) bond motifs is 1. The third-order valence-corrected chi connectivity index (χ3v) is 4.86. The topological polar surface area (TPSA) is 20.2 Å². The number of thioether (sulfide) groups is 1. The van der Waals surface area contributed by atoms with Crippen LogP contribution in [0.1, 0.15) is 43.3 Å². The Labute approximate surface area is 95.9 Å². The van der Waals surface area contributed by atoms with Crippen molar-refractivity contribution in [3.63, 3.8) is 0 Å². The van der Waals surface area contributed by atoms with E-state index < -0.39 is 0 Å². The highest BCUT2D eigenvalue weighted by atomic mass is 32.2. The van der Waals surface area contributed by atoms with Gasteiger partial charge in [-0.05, 0) is 24.0 Å². The maximum Gasteiger partial charge on any atom is 0.0914 e. The molecule has 1 aliphatic heterocycles. The van der Waals surface area contributed by atoms with Crippen LogP contribution in [0.25, 0.3) is 0 Å². The Morgan fingerprint density at radius 1 is 1.20 bits per heavy atom. The van der Waals surface area contributed by atoms with Crippen LogP contribution in [-0.4, -0.2) is 10.4 Å². The molecule has 3 atom stereocenters. The molecule has 15 heavy (non-hydrogen) atoms. The van der Waals surface area contributed by atoms with Crippen molar-refractivity contribution in [2.24, 2.45) is 5.92 Å². The minimum absolute atomic E-state index is 0.303. The van der Waals surface area contributed by atoms with Crippen molar-refractivity contribution < 1.29 is 5.11 Å². The second kappa shape index (κ2) is 4.18. The first-order valence-electron chi connectivity index (χ1n) is 5.53. The molecule has 0 bridgehead atoms. The predicted molar refractivity (Wildman–Crippen MR) is 66.0 cm³/mol. The molecule has 1 aliphatic rings. The molecule has 1 heterocycles. The van der Waals surface area contributed by atoms with Gasteiger partial charge in [-0.15, -0.1) is 11.8 Å². The van der Waals surface area contributed by atoms with Crippen molar-refractivity contribution in [1.29, 1.82) is 0 Å². The number of aliphatic hydroxyl groups is 1. The fraction of sp³-hybridized carbons (Fsp3) is 0.538. The summed E-state index contributed by atoms with van der Waals surface area (Å²) in [7, 11) is 0. The Balaban J connectivity index is 2.39. The van der Waals surface area contributed by atoms with E-state index in [1.54, 1.807) is 0 Å². The molecule has 0 radical (unpaired) electrons. The van der Waals surface area contributed by atoms with Gasteiger partial charge in [-0.25, -0.2) is 0 Å². The molecule has 0 aliphatic carbocycles. The lowest BCUT2D eigenvalue weighted by Crippen LogP contribution is -2.27.